The van der Waals surface area contributed by atoms with Crippen LogP contribution < -0.4 is 19.1 Å². The lowest BCUT2D eigenvalue weighted by atomic mass is 10.2. The van der Waals surface area contributed by atoms with Crippen LogP contribution in [0, 0.1) is 0 Å². The number of benzene rings is 2. The summed E-state index contributed by atoms with van der Waals surface area (Å²) in [6.45, 7) is 1.78. The molecule has 3 aromatic rings. The third-order valence-electron chi connectivity index (χ3n) is 5.31. The van der Waals surface area contributed by atoms with Crippen molar-refractivity contribution in [1.82, 2.24) is 9.88 Å². The summed E-state index contributed by atoms with van der Waals surface area (Å²) in [5.74, 6) is 2.09. The molecule has 2 aromatic carbocycles. The van der Waals surface area contributed by atoms with Gasteiger partial charge in [-0.05, 0) is 30.3 Å². The fraction of sp³-hybridized carbons (Fsp3) is 0.308. The van der Waals surface area contributed by atoms with Crippen LogP contribution in [-0.2, 0) is 16.1 Å². The topological polar surface area (TPSA) is 73.4 Å². The molecule has 4 rings (SSSR count). The molecule has 0 fully saturated rings. The van der Waals surface area contributed by atoms with Gasteiger partial charge in [0.25, 0.3) is 5.91 Å². The summed E-state index contributed by atoms with van der Waals surface area (Å²) in [5, 5.41) is 0. The molecule has 1 amide bonds. The average Bonchev–Trinajstić information content (AvgIpc) is 2.87. The number of rotatable bonds is 4. The molecule has 2 heterocycles. The van der Waals surface area contributed by atoms with Gasteiger partial charge in [0.2, 0.25) is 5.88 Å². The second-order valence-electron chi connectivity index (χ2n) is 7.97. The Morgan fingerprint density at radius 1 is 1.03 bits per heavy atom. The van der Waals surface area contributed by atoms with Crippen molar-refractivity contribution in [3.8, 4) is 23.1 Å². The molecule has 0 spiro atoms. The molecular formula is C26H29N3O5. The second kappa shape index (κ2) is 11.4. The number of nitrogens with zero attached hydrogens (tertiary/aromatic N) is 3. The number of amides is 1. The molecule has 178 valence electrons. The SMILES string of the molecule is CN(C)c1cccc(OCC(=O)N2CCOCCOc3ccccc3Oc3ncccc3C2)c1. The minimum absolute atomic E-state index is 0.0840. The van der Waals surface area contributed by atoms with Crippen LogP contribution in [0.2, 0.25) is 0 Å². The molecular weight excluding hydrogens is 434 g/mol. The summed E-state index contributed by atoms with van der Waals surface area (Å²) in [7, 11) is 3.92. The molecule has 0 atom stereocenters. The molecule has 34 heavy (non-hydrogen) atoms. The first-order chi connectivity index (χ1) is 16.6. The van der Waals surface area contributed by atoms with Crippen molar-refractivity contribution < 1.29 is 23.7 Å². The van der Waals surface area contributed by atoms with Gasteiger partial charge in [0, 0.05) is 44.2 Å². The Balaban J connectivity index is 1.51. The van der Waals surface area contributed by atoms with Gasteiger partial charge in [0.1, 0.15) is 12.4 Å². The van der Waals surface area contributed by atoms with Crippen LogP contribution >= 0.6 is 0 Å². The van der Waals surface area contributed by atoms with E-state index in [4.69, 9.17) is 18.9 Å². The maximum atomic E-state index is 13.1. The van der Waals surface area contributed by atoms with E-state index in [0.29, 0.717) is 56.0 Å². The molecule has 0 aliphatic carbocycles. The van der Waals surface area contributed by atoms with Gasteiger partial charge in [-0.1, -0.05) is 24.3 Å². The first-order valence-electron chi connectivity index (χ1n) is 11.2. The maximum Gasteiger partial charge on any atom is 0.260 e. The van der Waals surface area contributed by atoms with Crippen LogP contribution in [-0.4, -0.2) is 62.9 Å². The summed E-state index contributed by atoms with van der Waals surface area (Å²) in [4.78, 5) is 21.2. The van der Waals surface area contributed by atoms with Gasteiger partial charge in [-0.15, -0.1) is 0 Å². The lowest BCUT2D eigenvalue weighted by Crippen LogP contribution is -2.37. The summed E-state index contributed by atoms with van der Waals surface area (Å²) < 4.78 is 23.4. The number of ether oxygens (including phenoxy) is 4. The summed E-state index contributed by atoms with van der Waals surface area (Å²) in [6.07, 6.45) is 1.66. The Bertz CT molecular complexity index is 1110. The minimum Gasteiger partial charge on any atom is -0.487 e. The Labute approximate surface area is 199 Å². The van der Waals surface area contributed by atoms with Crippen LogP contribution in [0.25, 0.3) is 0 Å². The van der Waals surface area contributed by atoms with E-state index in [1.54, 1.807) is 11.1 Å². The monoisotopic (exact) mass is 463 g/mol. The average molecular weight is 464 g/mol. The molecule has 8 heteroatoms. The van der Waals surface area contributed by atoms with Gasteiger partial charge in [-0.3, -0.25) is 4.79 Å². The number of para-hydroxylation sites is 2. The van der Waals surface area contributed by atoms with E-state index in [9.17, 15) is 4.79 Å². The Kier molecular flexibility index (Phi) is 7.83. The molecule has 0 saturated heterocycles. The first-order valence-corrected chi connectivity index (χ1v) is 11.2. The quantitative estimate of drug-likeness (QED) is 0.583. The van der Waals surface area contributed by atoms with Crippen molar-refractivity contribution in [1.29, 1.82) is 0 Å². The highest BCUT2D eigenvalue weighted by molar-refractivity contribution is 5.78. The standard InChI is InChI=1S/C26H29N3O5/c1-28(2)21-8-5-9-22(17-21)33-19-25(30)29-13-14-31-15-16-32-23-10-3-4-11-24(23)34-26-20(18-29)7-6-12-27-26/h3-12,17H,13-16,18-19H2,1-2H3. The van der Waals surface area contributed by atoms with Crippen LogP contribution in [0.5, 0.6) is 23.1 Å². The van der Waals surface area contributed by atoms with Crippen LogP contribution in [0.3, 0.4) is 0 Å². The number of hydrogen-bond acceptors (Lipinski definition) is 7. The number of fused-ring (bicyclic) bond motifs is 2. The molecule has 1 aliphatic rings. The van der Waals surface area contributed by atoms with Gasteiger partial charge in [0.15, 0.2) is 18.1 Å². The molecule has 0 unspecified atom stereocenters. The van der Waals surface area contributed by atoms with Crippen molar-refractivity contribution in [3.63, 3.8) is 0 Å². The summed E-state index contributed by atoms with van der Waals surface area (Å²) >= 11 is 0. The second-order valence-corrected chi connectivity index (χ2v) is 7.97. The van der Waals surface area contributed by atoms with Gasteiger partial charge in [-0.2, -0.15) is 0 Å². The normalized spacial score (nSPS) is 14.1. The number of carbonyl (C=O) groups is 1. The molecule has 0 N–H and O–H groups in total. The zero-order chi connectivity index (χ0) is 23.8. The highest BCUT2D eigenvalue weighted by Gasteiger charge is 2.19. The largest absolute Gasteiger partial charge is 0.487 e. The van der Waals surface area contributed by atoms with Crippen molar-refractivity contribution in [2.24, 2.45) is 0 Å². The van der Waals surface area contributed by atoms with E-state index in [1.165, 1.54) is 0 Å². The number of anilines is 1. The van der Waals surface area contributed by atoms with E-state index >= 15 is 0 Å². The van der Waals surface area contributed by atoms with E-state index in [0.717, 1.165) is 11.3 Å². The molecule has 0 radical (unpaired) electrons. The zero-order valence-corrected chi connectivity index (χ0v) is 19.5. The molecule has 0 bridgehead atoms. The minimum atomic E-state index is -0.153. The van der Waals surface area contributed by atoms with E-state index in [1.807, 2.05) is 79.7 Å². The highest BCUT2D eigenvalue weighted by Crippen LogP contribution is 2.32. The first kappa shape index (κ1) is 23.4. The lowest BCUT2D eigenvalue weighted by molar-refractivity contribution is -0.134. The predicted molar refractivity (Wildman–Crippen MR) is 129 cm³/mol. The Morgan fingerprint density at radius 3 is 2.74 bits per heavy atom. The van der Waals surface area contributed by atoms with E-state index < -0.39 is 0 Å². The van der Waals surface area contributed by atoms with Gasteiger partial charge < -0.3 is 28.7 Å². The Hall–Kier alpha value is -3.78. The summed E-state index contributed by atoms with van der Waals surface area (Å²) in [5.41, 5.74) is 1.78. The van der Waals surface area contributed by atoms with Crippen molar-refractivity contribution in [2.45, 2.75) is 6.54 Å². The number of hydrogen-bond donors (Lipinski definition) is 0. The van der Waals surface area contributed by atoms with Crippen LogP contribution in [0.15, 0.2) is 66.9 Å². The van der Waals surface area contributed by atoms with Gasteiger partial charge in [0.05, 0.1) is 19.8 Å². The van der Waals surface area contributed by atoms with Crippen LogP contribution in [0.1, 0.15) is 5.56 Å². The third kappa shape index (κ3) is 6.17. The fourth-order valence-corrected chi connectivity index (χ4v) is 3.47. The smallest absolute Gasteiger partial charge is 0.260 e. The number of pyridine rings is 1. The predicted octanol–water partition coefficient (Wildman–Crippen LogP) is 3.76. The van der Waals surface area contributed by atoms with Crippen molar-refractivity contribution in [2.75, 3.05) is 52.0 Å². The highest BCUT2D eigenvalue weighted by atomic mass is 16.5. The molecule has 0 saturated carbocycles. The van der Waals surface area contributed by atoms with Gasteiger partial charge >= 0.3 is 0 Å². The molecule has 1 aliphatic heterocycles. The fourth-order valence-electron chi connectivity index (χ4n) is 3.47. The summed E-state index contributed by atoms with van der Waals surface area (Å²) in [6, 6.07) is 18.8. The maximum absolute atomic E-state index is 13.1. The van der Waals surface area contributed by atoms with Crippen molar-refractivity contribution in [3.05, 3.63) is 72.4 Å². The lowest BCUT2D eigenvalue weighted by Gasteiger charge is -2.23. The van der Waals surface area contributed by atoms with Crippen molar-refractivity contribution >= 4 is 11.6 Å². The third-order valence-corrected chi connectivity index (χ3v) is 5.31. The number of aromatic nitrogens is 1. The van der Waals surface area contributed by atoms with E-state index in [2.05, 4.69) is 4.98 Å². The van der Waals surface area contributed by atoms with Crippen LogP contribution in [0.4, 0.5) is 5.69 Å². The molecule has 1 aromatic heterocycles. The number of carbonyl (C=O) groups excluding carboxylic acids is 1. The molecule has 8 nitrogen and oxygen atoms in total. The zero-order valence-electron chi connectivity index (χ0n) is 19.5. The Morgan fingerprint density at radius 2 is 1.88 bits per heavy atom. The van der Waals surface area contributed by atoms with E-state index in [-0.39, 0.29) is 12.5 Å². The van der Waals surface area contributed by atoms with Gasteiger partial charge in [-0.25, -0.2) is 4.98 Å².